The number of rotatable bonds is 3. The molecule has 7 nitrogen and oxygen atoms in total. The Hall–Kier alpha value is -2.48. The van der Waals surface area contributed by atoms with Crippen molar-refractivity contribution in [2.24, 2.45) is 0 Å². The van der Waals surface area contributed by atoms with Crippen molar-refractivity contribution < 1.29 is 14.3 Å². The fourth-order valence-electron chi connectivity index (χ4n) is 3.39. The van der Waals surface area contributed by atoms with Crippen LogP contribution < -0.4 is 15.6 Å². The summed E-state index contributed by atoms with van der Waals surface area (Å²) in [6.45, 7) is 7.47. The third kappa shape index (κ3) is 3.09. The maximum Gasteiger partial charge on any atom is 0.341 e. The molecule has 3 rings (SSSR count). The number of anilines is 1. The van der Waals surface area contributed by atoms with Crippen LogP contribution in [0.4, 0.5) is 10.2 Å². The molecule has 0 aliphatic carbocycles. The Morgan fingerprint density at radius 3 is 2.60 bits per heavy atom. The van der Waals surface area contributed by atoms with Crippen molar-refractivity contribution in [3.05, 3.63) is 33.9 Å². The number of aromatic carboxylic acids is 1. The van der Waals surface area contributed by atoms with Gasteiger partial charge in [0.05, 0.1) is 5.39 Å². The number of carboxylic acids is 1. The number of nitrogens with zero attached hydrogens (tertiary/aromatic N) is 3. The van der Waals surface area contributed by atoms with Crippen molar-refractivity contribution >= 4 is 22.8 Å². The van der Waals surface area contributed by atoms with E-state index in [-0.39, 0.29) is 28.9 Å². The summed E-state index contributed by atoms with van der Waals surface area (Å²) < 4.78 is 16.3. The first kappa shape index (κ1) is 17.3. The largest absolute Gasteiger partial charge is 0.477 e. The molecule has 1 saturated heterocycles. The molecular formula is C17H21FN4O3. The first-order chi connectivity index (χ1) is 11.8. The molecule has 1 aliphatic heterocycles. The predicted molar refractivity (Wildman–Crippen MR) is 92.9 cm³/mol. The number of piperazine rings is 1. The van der Waals surface area contributed by atoms with Gasteiger partial charge in [0.15, 0.2) is 11.6 Å². The summed E-state index contributed by atoms with van der Waals surface area (Å²) in [5.74, 6) is -1.75. The first-order valence-electron chi connectivity index (χ1n) is 8.29. The SMILES string of the molecule is CCn1cc(C(=O)O)c(=O)c2cc(F)c(N3CC(C)NC(C)C3)nc21. The van der Waals surface area contributed by atoms with E-state index in [2.05, 4.69) is 10.3 Å². The molecule has 2 aromatic rings. The quantitative estimate of drug-likeness (QED) is 0.873. The molecule has 0 saturated carbocycles. The van der Waals surface area contributed by atoms with E-state index >= 15 is 0 Å². The maximum atomic E-state index is 14.7. The van der Waals surface area contributed by atoms with Gasteiger partial charge in [-0.25, -0.2) is 14.2 Å². The number of aryl methyl sites for hydroxylation is 1. The fraction of sp³-hybridized carbons (Fsp3) is 0.471. The van der Waals surface area contributed by atoms with Crippen molar-refractivity contribution in [1.82, 2.24) is 14.9 Å². The van der Waals surface area contributed by atoms with Crippen LogP contribution in [0.25, 0.3) is 11.0 Å². The zero-order valence-electron chi connectivity index (χ0n) is 14.4. The summed E-state index contributed by atoms with van der Waals surface area (Å²) in [7, 11) is 0. The van der Waals surface area contributed by atoms with Gasteiger partial charge in [0.1, 0.15) is 11.2 Å². The van der Waals surface area contributed by atoms with E-state index in [1.54, 1.807) is 4.57 Å². The minimum Gasteiger partial charge on any atom is -0.477 e. The van der Waals surface area contributed by atoms with Crippen molar-refractivity contribution in [3.63, 3.8) is 0 Å². The zero-order chi connectivity index (χ0) is 18.3. The molecule has 2 unspecified atom stereocenters. The topological polar surface area (TPSA) is 87.5 Å². The summed E-state index contributed by atoms with van der Waals surface area (Å²) in [5, 5.41) is 12.5. The molecule has 2 atom stereocenters. The number of carboxylic acid groups (broad SMARTS) is 1. The highest BCUT2D eigenvalue weighted by Gasteiger charge is 2.26. The van der Waals surface area contributed by atoms with Crippen LogP contribution in [0.15, 0.2) is 17.1 Å². The number of nitrogens with one attached hydrogen (secondary N) is 1. The van der Waals surface area contributed by atoms with Gasteiger partial charge in [0.25, 0.3) is 0 Å². The van der Waals surface area contributed by atoms with Crippen LogP contribution in [0.3, 0.4) is 0 Å². The van der Waals surface area contributed by atoms with Gasteiger partial charge in [-0.2, -0.15) is 0 Å². The lowest BCUT2D eigenvalue weighted by atomic mass is 10.1. The Morgan fingerprint density at radius 2 is 2.04 bits per heavy atom. The van der Waals surface area contributed by atoms with Gasteiger partial charge < -0.3 is 19.9 Å². The molecule has 1 aliphatic rings. The maximum absolute atomic E-state index is 14.7. The van der Waals surface area contributed by atoms with E-state index in [0.717, 1.165) is 6.07 Å². The highest BCUT2D eigenvalue weighted by Crippen LogP contribution is 2.23. The average Bonchev–Trinajstić information content (AvgIpc) is 2.54. The Bertz CT molecular complexity index is 886. The second-order valence-electron chi connectivity index (χ2n) is 6.50. The molecule has 1 fully saturated rings. The standard InChI is InChI=1S/C17H21FN4O3/c1-4-21-8-12(17(24)25)14(23)11-5-13(18)16(20-15(11)21)22-6-9(2)19-10(3)7-22/h5,8-10,19H,4,6-7H2,1-3H3,(H,24,25). The summed E-state index contributed by atoms with van der Waals surface area (Å²) in [5.41, 5.74) is -0.798. The van der Waals surface area contributed by atoms with E-state index in [1.807, 2.05) is 25.7 Å². The normalized spacial score (nSPS) is 20.9. The van der Waals surface area contributed by atoms with Gasteiger partial charge in [-0.3, -0.25) is 4.79 Å². The number of carbonyl (C=O) groups is 1. The Morgan fingerprint density at radius 1 is 1.40 bits per heavy atom. The summed E-state index contributed by atoms with van der Waals surface area (Å²) in [4.78, 5) is 29.9. The predicted octanol–water partition coefficient (Wildman–Crippen LogP) is 1.44. The van der Waals surface area contributed by atoms with E-state index in [4.69, 9.17) is 0 Å². The molecular weight excluding hydrogens is 327 g/mol. The molecule has 2 N–H and O–H groups in total. The molecule has 8 heteroatoms. The van der Waals surface area contributed by atoms with E-state index in [9.17, 15) is 19.1 Å². The van der Waals surface area contributed by atoms with Crippen LogP contribution in [0.2, 0.25) is 0 Å². The molecule has 0 spiro atoms. The molecule has 0 amide bonds. The van der Waals surface area contributed by atoms with Gasteiger partial charge in [-0.1, -0.05) is 0 Å². The smallest absolute Gasteiger partial charge is 0.341 e. The first-order valence-corrected chi connectivity index (χ1v) is 8.29. The fourth-order valence-corrected chi connectivity index (χ4v) is 3.39. The molecule has 2 aromatic heterocycles. The number of halogens is 1. The zero-order valence-corrected chi connectivity index (χ0v) is 14.4. The van der Waals surface area contributed by atoms with Crippen molar-refractivity contribution in [2.45, 2.75) is 39.4 Å². The lowest BCUT2D eigenvalue weighted by molar-refractivity contribution is 0.0695. The van der Waals surface area contributed by atoms with Crippen LogP contribution in [0, 0.1) is 5.82 Å². The third-order valence-corrected chi connectivity index (χ3v) is 4.41. The van der Waals surface area contributed by atoms with E-state index in [1.165, 1.54) is 6.20 Å². The highest BCUT2D eigenvalue weighted by atomic mass is 19.1. The van der Waals surface area contributed by atoms with Crippen LogP contribution in [0.5, 0.6) is 0 Å². The minimum atomic E-state index is -1.33. The number of pyridine rings is 2. The van der Waals surface area contributed by atoms with Gasteiger partial charge in [0, 0.05) is 37.9 Å². The summed E-state index contributed by atoms with van der Waals surface area (Å²) in [6.07, 6.45) is 1.27. The minimum absolute atomic E-state index is 0.0146. The molecule has 3 heterocycles. The van der Waals surface area contributed by atoms with Gasteiger partial charge >= 0.3 is 5.97 Å². The van der Waals surface area contributed by atoms with Crippen LogP contribution in [0.1, 0.15) is 31.1 Å². The number of fused-ring (bicyclic) bond motifs is 1. The van der Waals surface area contributed by atoms with Crippen LogP contribution in [-0.2, 0) is 6.54 Å². The lowest BCUT2D eigenvalue weighted by Crippen LogP contribution is -2.54. The molecule has 0 aromatic carbocycles. The second-order valence-corrected chi connectivity index (χ2v) is 6.50. The van der Waals surface area contributed by atoms with Crippen molar-refractivity contribution in [2.75, 3.05) is 18.0 Å². The summed E-state index contributed by atoms with van der Waals surface area (Å²) in [6, 6.07) is 1.47. The summed E-state index contributed by atoms with van der Waals surface area (Å²) >= 11 is 0. The van der Waals surface area contributed by atoms with E-state index < -0.39 is 17.2 Å². The highest BCUT2D eigenvalue weighted by molar-refractivity contribution is 5.92. The van der Waals surface area contributed by atoms with Crippen LogP contribution in [-0.4, -0.2) is 45.8 Å². The third-order valence-electron chi connectivity index (χ3n) is 4.41. The molecule has 25 heavy (non-hydrogen) atoms. The Kier molecular flexibility index (Phi) is 4.47. The molecule has 0 radical (unpaired) electrons. The van der Waals surface area contributed by atoms with E-state index in [0.29, 0.717) is 25.3 Å². The average molecular weight is 348 g/mol. The monoisotopic (exact) mass is 348 g/mol. The lowest BCUT2D eigenvalue weighted by Gasteiger charge is -2.37. The number of hydrogen-bond donors (Lipinski definition) is 2. The van der Waals surface area contributed by atoms with Crippen molar-refractivity contribution in [3.8, 4) is 0 Å². The van der Waals surface area contributed by atoms with Gasteiger partial charge in [-0.15, -0.1) is 0 Å². The Balaban J connectivity index is 2.20. The number of aromatic nitrogens is 2. The molecule has 0 bridgehead atoms. The second kappa shape index (κ2) is 6.44. The van der Waals surface area contributed by atoms with Crippen molar-refractivity contribution in [1.29, 1.82) is 0 Å². The number of hydrogen-bond acceptors (Lipinski definition) is 5. The van der Waals surface area contributed by atoms with Crippen LogP contribution >= 0.6 is 0 Å². The van der Waals surface area contributed by atoms with Gasteiger partial charge in [0.2, 0.25) is 5.43 Å². The van der Waals surface area contributed by atoms with Gasteiger partial charge in [-0.05, 0) is 26.8 Å². The molecule has 134 valence electrons. The Labute approximate surface area is 144 Å².